The summed E-state index contributed by atoms with van der Waals surface area (Å²) in [4.78, 5) is 73.4. The minimum absolute atomic E-state index is 0.107. The van der Waals surface area contributed by atoms with E-state index in [0.717, 1.165) is 120 Å². The zero-order chi connectivity index (χ0) is 80.9. The van der Waals surface area contributed by atoms with Gasteiger partial charge in [-0.15, -0.1) is 0 Å². The van der Waals surface area contributed by atoms with Crippen LogP contribution in [-0.4, -0.2) is 96.7 Å². The number of rotatable bonds is 88. The Labute approximate surface area is 677 Å². The molecule has 0 aromatic heterocycles. The van der Waals surface area contributed by atoms with E-state index in [1.807, 2.05) is 0 Å². The Balaban J connectivity index is 5.22. The van der Waals surface area contributed by atoms with Gasteiger partial charge in [0, 0.05) is 25.7 Å². The number of aliphatic hydroxyl groups excluding tert-OH is 1. The molecule has 0 saturated carbocycles. The fraction of sp³-hybridized carbons (Fsp3) is 0.956. The van der Waals surface area contributed by atoms with Gasteiger partial charge in [-0.3, -0.25) is 37.3 Å². The highest BCUT2D eigenvalue weighted by atomic mass is 31.2. The zero-order valence-electron chi connectivity index (χ0n) is 72.9. The minimum Gasteiger partial charge on any atom is -0.462 e. The van der Waals surface area contributed by atoms with Crippen LogP contribution in [-0.2, 0) is 65.4 Å². The maximum absolute atomic E-state index is 13.2. The SMILES string of the molecule is CCC(C)CCCCCCCCCCCCCCCCC(=O)OC[C@H](COP(=O)(O)OC[C@@H](O)COP(=O)(O)OC[C@@H](COC(=O)CCCCCCCCC(C)CC)OC(=O)CCCCCCCCCCCCCCCCCCCCC(C)C)OC(=O)CCCCCCCCCCCCCCCCCCCCC(C)C. The lowest BCUT2D eigenvalue weighted by Crippen LogP contribution is -2.30. The molecule has 7 atom stereocenters. The van der Waals surface area contributed by atoms with Gasteiger partial charge in [0.2, 0.25) is 0 Å². The van der Waals surface area contributed by atoms with Crippen molar-refractivity contribution in [2.45, 2.75) is 497 Å². The molecule has 0 radical (unpaired) electrons. The van der Waals surface area contributed by atoms with Crippen LogP contribution >= 0.6 is 15.6 Å². The molecule has 0 saturated heterocycles. The van der Waals surface area contributed by atoms with Crippen molar-refractivity contribution in [2.75, 3.05) is 39.6 Å². The lowest BCUT2D eigenvalue weighted by molar-refractivity contribution is -0.161. The molecule has 0 rings (SSSR count). The molecule has 0 aliphatic carbocycles. The van der Waals surface area contributed by atoms with Crippen molar-refractivity contribution in [1.29, 1.82) is 0 Å². The summed E-state index contributed by atoms with van der Waals surface area (Å²) in [5, 5.41) is 10.7. The maximum Gasteiger partial charge on any atom is 0.472 e. The summed E-state index contributed by atoms with van der Waals surface area (Å²) in [5.41, 5.74) is 0. The Hall–Kier alpha value is -1.94. The molecule has 0 aromatic rings. The van der Waals surface area contributed by atoms with Gasteiger partial charge in [-0.1, -0.05) is 428 Å². The highest BCUT2D eigenvalue weighted by Gasteiger charge is 2.31. The number of ether oxygens (including phenoxy) is 4. The molecule has 17 nitrogen and oxygen atoms in total. The first-order valence-corrected chi connectivity index (χ1v) is 49.8. The van der Waals surface area contributed by atoms with Crippen LogP contribution in [0.4, 0.5) is 0 Å². The Morgan fingerprint density at radius 3 is 0.645 bits per heavy atom. The van der Waals surface area contributed by atoms with E-state index in [9.17, 15) is 43.2 Å². The number of phosphoric ester groups is 2. The van der Waals surface area contributed by atoms with Crippen molar-refractivity contribution in [3.05, 3.63) is 0 Å². The van der Waals surface area contributed by atoms with E-state index < -0.39 is 97.5 Å². The summed E-state index contributed by atoms with van der Waals surface area (Å²) in [7, 11) is -9.94. The van der Waals surface area contributed by atoms with E-state index in [1.165, 1.54) is 276 Å². The Morgan fingerprint density at radius 2 is 0.436 bits per heavy atom. The molecule has 0 aliphatic heterocycles. The van der Waals surface area contributed by atoms with Gasteiger partial charge in [0.25, 0.3) is 0 Å². The fourth-order valence-electron chi connectivity index (χ4n) is 14.1. The average Bonchev–Trinajstić information content (AvgIpc) is 0.900. The first-order chi connectivity index (χ1) is 53.2. The zero-order valence-corrected chi connectivity index (χ0v) is 74.7. The number of aliphatic hydroxyl groups is 1. The van der Waals surface area contributed by atoms with Gasteiger partial charge >= 0.3 is 39.5 Å². The van der Waals surface area contributed by atoms with Crippen molar-refractivity contribution in [3.8, 4) is 0 Å². The summed E-state index contributed by atoms with van der Waals surface area (Å²) in [6, 6.07) is 0. The normalized spacial score (nSPS) is 14.3. The predicted molar refractivity (Wildman–Crippen MR) is 455 cm³/mol. The number of carbonyl (C=O) groups is 4. The lowest BCUT2D eigenvalue weighted by atomic mass is 9.99. The van der Waals surface area contributed by atoms with E-state index in [1.54, 1.807) is 0 Å². The molecule has 4 unspecified atom stereocenters. The standard InChI is InChI=1S/C91H178O17P2/c1-9-83(7)69-61-53-45-39-33-27-23-24-28-34-40-46-55-63-71-88(93)101-77-86(107-90(95)73-65-57-47-41-35-29-21-17-13-11-15-19-25-31-37-43-51-59-67-81(3)4)79-105-109(97,98)103-75-85(92)76-104-110(99,100)106-80-87(78-102-89(94)72-64-56-50-49-54-62-70-84(8)10-2)108-91(96)74-66-58-48-42-36-30-22-18-14-12-16-20-26-32-38-44-52-60-68-82(5)6/h81-87,92H,9-80H2,1-8H3,(H,97,98)(H,99,100)/t83?,84?,85-,86-,87-/m1/s1. The number of hydrogen-bond donors (Lipinski definition) is 3. The van der Waals surface area contributed by atoms with Gasteiger partial charge in [0.05, 0.1) is 26.4 Å². The van der Waals surface area contributed by atoms with E-state index in [-0.39, 0.29) is 25.7 Å². The van der Waals surface area contributed by atoms with Gasteiger partial charge < -0.3 is 33.8 Å². The summed E-state index contributed by atoms with van der Waals surface area (Å²) in [6.45, 7) is 14.4. The first-order valence-electron chi connectivity index (χ1n) is 46.8. The molecule has 0 aliphatic rings. The van der Waals surface area contributed by atoms with Crippen LogP contribution < -0.4 is 0 Å². The summed E-state index contributed by atoms with van der Waals surface area (Å²) in [5.74, 6) is 1.12. The van der Waals surface area contributed by atoms with E-state index in [4.69, 9.17) is 37.0 Å². The second-order valence-electron chi connectivity index (χ2n) is 34.1. The van der Waals surface area contributed by atoms with Crippen molar-refractivity contribution >= 4 is 39.5 Å². The summed E-state index contributed by atoms with van der Waals surface area (Å²) >= 11 is 0. The van der Waals surface area contributed by atoms with Gasteiger partial charge in [0.15, 0.2) is 12.2 Å². The topological polar surface area (TPSA) is 237 Å². The van der Waals surface area contributed by atoms with Crippen molar-refractivity contribution < 1.29 is 80.2 Å². The van der Waals surface area contributed by atoms with Gasteiger partial charge in [-0.2, -0.15) is 0 Å². The van der Waals surface area contributed by atoms with E-state index in [2.05, 4.69) is 55.4 Å². The van der Waals surface area contributed by atoms with Crippen LogP contribution in [0.3, 0.4) is 0 Å². The van der Waals surface area contributed by atoms with Crippen molar-refractivity contribution in [3.63, 3.8) is 0 Å². The molecule has 654 valence electrons. The molecule has 19 heteroatoms. The largest absolute Gasteiger partial charge is 0.472 e. The molecule has 0 spiro atoms. The van der Waals surface area contributed by atoms with Crippen LogP contribution in [0.25, 0.3) is 0 Å². The molecule has 0 amide bonds. The number of esters is 4. The number of hydrogen-bond acceptors (Lipinski definition) is 15. The quantitative estimate of drug-likeness (QED) is 0.0222. The Morgan fingerprint density at radius 1 is 0.255 bits per heavy atom. The highest BCUT2D eigenvalue weighted by molar-refractivity contribution is 7.47. The van der Waals surface area contributed by atoms with E-state index in [0.29, 0.717) is 25.7 Å². The Kier molecular flexibility index (Phi) is 78.1. The fourth-order valence-corrected chi connectivity index (χ4v) is 15.7. The number of unbranched alkanes of at least 4 members (excludes halogenated alkanes) is 52. The lowest BCUT2D eigenvalue weighted by Gasteiger charge is -2.21. The van der Waals surface area contributed by atoms with Crippen LogP contribution in [0.5, 0.6) is 0 Å². The van der Waals surface area contributed by atoms with Gasteiger partial charge in [-0.05, 0) is 49.4 Å². The molecule has 0 bridgehead atoms. The second-order valence-corrected chi connectivity index (χ2v) is 37.0. The van der Waals surface area contributed by atoms with Crippen LogP contribution in [0, 0.1) is 23.7 Å². The second kappa shape index (κ2) is 79.5. The molecular formula is C91H178O17P2. The van der Waals surface area contributed by atoms with Gasteiger partial charge in [-0.25, -0.2) is 9.13 Å². The monoisotopic (exact) mass is 1610 g/mol. The van der Waals surface area contributed by atoms with Crippen molar-refractivity contribution in [2.24, 2.45) is 23.7 Å². The predicted octanol–water partition coefficient (Wildman–Crippen LogP) is 27.9. The molecule has 110 heavy (non-hydrogen) atoms. The van der Waals surface area contributed by atoms with Crippen LogP contribution in [0.2, 0.25) is 0 Å². The van der Waals surface area contributed by atoms with E-state index >= 15 is 0 Å². The third-order valence-electron chi connectivity index (χ3n) is 22.0. The average molecular weight is 1610 g/mol. The van der Waals surface area contributed by atoms with Crippen LogP contribution in [0.1, 0.15) is 479 Å². The summed E-state index contributed by atoms with van der Waals surface area (Å²) < 4.78 is 69.0. The number of phosphoric acid groups is 2. The smallest absolute Gasteiger partial charge is 0.462 e. The minimum atomic E-state index is -4.97. The Bertz CT molecular complexity index is 2130. The molecule has 3 N–H and O–H groups in total. The highest BCUT2D eigenvalue weighted by Crippen LogP contribution is 2.45. The summed E-state index contributed by atoms with van der Waals surface area (Å²) in [6.07, 6.45) is 70.9. The third kappa shape index (κ3) is 81.2. The molecule has 0 heterocycles. The third-order valence-corrected chi connectivity index (χ3v) is 23.9. The molecule has 0 fully saturated rings. The molecular weight excluding hydrogens is 1430 g/mol. The maximum atomic E-state index is 13.2. The number of carbonyl (C=O) groups excluding carboxylic acids is 4. The van der Waals surface area contributed by atoms with Crippen LogP contribution in [0.15, 0.2) is 0 Å². The first kappa shape index (κ1) is 108. The van der Waals surface area contributed by atoms with Crippen molar-refractivity contribution in [1.82, 2.24) is 0 Å². The van der Waals surface area contributed by atoms with Gasteiger partial charge in [0.1, 0.15) is 19.3 Å². The molecule has 0 aromatic carbocycles.